The molecule has 0 unspecified atom stereocenters. The maximum absolute atomic E-state index is 13.0. The van der Waals surface area contributed by atoms with Crippen LogP contribution in [0.15, 0.2) is 51.9 Å². The molecule has 0 aliphatic rings. The summed E-state index contributed by atoms with van der Waals surface area (Å²) in [5.74, 6) is 0.0607. The Morgan fingerprint density at radius 2 is 2.06 bits per heavy atom. The van der Waals surface area contributed by atoms with E-state index in [-0.39, 0.29) is 11.7 Å². The van der Waals surface area contributed by atoms with Gasteiger partial charge in [-0.2, -0.15) is 4.99 Å². The molecular formula is C23H23N3O5S. The maximum atomic E-state index is 13.0. The van der Waals surface area contributed by atoms with Crippen LogP contribution in [0.3, 0.4) is 0 Å². The first-order chi connectivity index (χ1) is 15.5. The fraction of sp³-hybridized carbons (Fsp3) is 0.261. The van der Waals surface area contributed by atoms with Crippen LogP contribution in [0.2, 0.25) is 0 Å². The van der Waals surface area contributed by atoms with E-state index in [1.807, 2.05) is 41.8 Å². The molecule has 2 aromatic heterocycles. The highest BCUT2D eigenvalue weighted by atomic mass is 32.1. The molecule has 4 rings (SSSR count). The van der Waals surface area contributed by atoms with Crippen molar-refractivity contribution in [3.8, 4) is 5.75 Å². The minimum atomic E-state index is -0.484. The van der Waals surface area contributed by atoms with Crippen molar-refractivity contribution in [3.05, 3.63) is 53.0 Å². The van der Waals surface area contributed by atoms with Crippen molar-refractivity contribution in [2.75, 3.05) is 25.6 Å². The molecule has 0 atom stereocenters. The van der Waals surface area contributed by atoms with Gasteiger partial charge in [0.1, 0.15) is 0 Å². The first-order valence-electron chi connectivity index (χ1n) is 10.1. The SMILES string of the molecule is CCOCCn1c(=NC(=O)c2cc3cccc(OC)c3o2)sc2cc(NC(C)=O)ccc21. The summed E-state index contributed by atoms with van der Waals surface area (Å²) in [5, 5.41) is 3.55. The molecule has 0 saturated carbocycles. The lowest BCUT2D eigenvalue weighted by Crippen LogP contribution is -2.19. The Labute approximate surface area is 188 Å². The minimum Gasteiger partial charge on any atom is -0.493 e. The number of furan rings is 1. The Kier molecular flexibility index (Phi) is 6.38. The normalized spacial score (nSPS) is 11.9. The predicted octanol–water partition coefficient (Wildman–Crippen LogP) is 4.19. The molecular weight excluding hydrogens is 430 g/mol. The van der Waals surface area contributed by atoms with Gasteiger partial charge in [0, 0.05) is 31.1 Å². The maximum Gasteiger partial charge on any atom is 0.315 e. The van der Waals surface area contributed by atoms with E-state index in [2.05, 4.69) is 10.3 Å². The number of thiazole rings is 1. The number of carbonyl (C=O) groups excluding carboxylic acids is 2. The summed E-state index contributed by atoms with van der Waals surface area (Å²) in [7, 11) is 1.55. The van der Waals surface area contributed by atoms with Gasteiger partial charge >= 0.3 is 5.91 Å². The van der Waals surface area contributed by atoms with Gasteiger partial charge in [-0.25, -0.2) is 0 Å². The van der Waals surface area contributed by atoms with Gasteiger partial charge in [0.05, 0.1) is 23.9 Å². The van der Waals surface area contributed by atoms with Crippen LogP contribution in [-0.4, -0.2) is 36.7 Å². The minimum absolute atomic E-state index is 0.136. The molecule has 2 aromatic carbocycles. The van der Waals surface area contributed by atoms with Crippen LogP contribution in [0, 0.1) is 0 Å². The quantitative estimate of drug-likeness (QED) is 0.423. The van der Waals surface area contributed by atoms with Crippen LogP contribution < -0.4 is 14.9 Å². The Balaban J connectivity index is 1.77. The number of methoxy groups -OCH3 is 1. The van der Waals surface area contributed by atoms with E-state index >= 15 is 0 Å². The van der Waals surface area contributed by atoms with Crippen LogP contribution in [-0.2, 0) is 16.1 Å². The highest BCUT2D eigenvalue weighted by Crippen LogP contribution is 2.29. The number of para-hydroxylation sites is 1. The van der Waals surface area contributed by atoms with Crippen LogP contribution in [0.1, 0.15) is 24.4 Å². The first-order valence-corrected chi connectivity index (χ1v) is 11.0. The third-order valence-electron chi connectivity index (χ3n) is 4.80. The molecule has 0 aliphatic heterocycles. The second kappa shape index (κ2) is 9.37. The zero-order chi connectivity index (χ0) is 22.7. The zero-order valence-electron chi connectivity index (χ0n) is 18.0. The van der Waals surface area contributed by atoms with Crippen molar-refractivity contribution in [1.82, 2.24) is 4.57 Å². The van der Waals surface area contributed by atoms with E-state index in [9.17, 15) is 9.59 Å². The second-order valence-corrected chi connectivity index (χ2v) is 8.01. The van der Waals surface area contributed by atoms with Gasteiger partial charge in [-0.15, -0.1) is 0 Å². The smallest absolute Gasteiger partial charge is 0.315 e. The lowest BCUT2D eigenvalue weighted by molar-refractivity contribution is -0.114. The molecule has 2 heterocycles. The second-order valence-electron chi connectivity index (χ2n) is 7.00. The molecule has 8 nitrogen and oxygen atoms in total. The van der Waals surface area contributed by atoms with Gasteiger partial charge in [-0.3, -0.25) is 9.59 Å². The van der Waals surface area contributed by atoms with Crippen LogP contribution in [0.25, 0.3) is 21.2 Å². The average molecular weight is 454 g/mol. The topological polar surface area (TPSA) is 95.1 Å². The number of carbonyl (C=O) groups is 2. The predicted molar refractivity (Wildman–Crippen MR) is 123 cm³/mol. The largest absolute Gasteiger partial charge is 0.493 e. The Morgan fingerprint density at radius 1 is 1.22 bits per heavy atom. The van der Waals surface area contributed by atoms with Gasteiger partial charge < -0.3 is 23.8 Å². The third kappa shape index (κ3) is 4.44. The number of benzene rings is 2. The Morgan fingerprint density at radius 3 is 2.81 bits per heavy atom. The molecule has 166 valence electrons. The van der Waals surface area contributed by atoms with Gasteiger partial charge in [-0.05, 0) is 37.3 Å². The molecule has 32 heavy (non-hydrogen) atoms. The molecule has 0 aliphatic carbocycles. The molecule has 4 aromatic rings. The Hall–Kier alpha value is -3.43. The molecule has 0 saturated heterocycles. The van der Waals surface area contributed by atoms with E-state index < -0.39 is 5.91 Å². The van der Waals surface area contributed by atoms with Crippen molar-refractivity contribution in [1.29, 1.82) is 0 Å². The summed E-state index contributed by atoms with van der Waals surface area (Å²) < 4.78 is 19.4. The van der Waals surface area contributed by atoms with Gasteiger partial charge in [0.25, 0.3) is 0 Å². The van der Waals surface area contributed by atoms with E-state index in [0.29, 0.717) is 41.6 Å². The first kappa shape index (κ1) is 21.8. The lowest BCUT2D eigenvalue weighted by Gasteiger charge is -2.06. The number of anilines is 1. The highest BCUT2D eigenvalue weighted by molar-refractivity contribution is 7.16. The fourth-order valence-electron chi connectivity index (χ4n) is 3.40. The van der Waals surface area contributed by atoms with Crippen molar-refractivity contribution >= 4 is 50.0 Å². The standard InChI is InChI=1S/C23H23N3O5S/c1-4-30-11-10-26-17-9-8-16(24-14(2)27)13-20(17)32-23(26)25-22(28)19-12-15-6-5-7-18(29-3)21(15)31-19/h5-9,12-13H,4,10-11H2,1-3H3,(H,24,27). The number of ether oxygens (including phenoxy) is 2. The van der Waals surface area contributed by atoms with Gasteiger partial charge in [0.2, 0.25) is 5.91 Å². The summed E-state index contributed by atoms with van der Waals surface area (Å²) in [6.07, 6.45) is 0. The van der Waals surface area contributed by atoms with Crippen LogP contribution in [0.5, 0.6) is 5.75 Å². The summed E-state index contributed by atoms with van der Waals surface area (Å²) in [4.78, 5) is 29.2. The fourth-order valence-corrected chi connectivity index (χ4v) is 4.49. The number of hydrogen-bond acceptors (Lipinski definition) is 6. The number of nitrogens with one attached hydrogen (secondary N) is 1. The summed E-state index contributed by atoms with van der Waals surface area (Å²) in [6.45, 7) is 5.01. The molecule has 9 heteroatoms. The number of aromatic nitrogens is 1. The molecule has 0 spiro atoms. The Bertz CT molecular complexity index is 1370. The highest BCUT2D eigenvalue weighted by Gasteiger charge is 2.16. The zero-order valence-corrected chi connectivity index (χ0v) is 18.8. The molecule has 0 fully saturated rings. The van der Waals surface area contributed by atoms with Crippen molar-refractivity contribution in [2.45, 2.75) is 20.4 Å². The molecule has 0 radical (unpaired) electrons. The van der Waals surface area contributed by atoms with Crippen molar-refractivity contribution in [2.24, 2.45) is 4.99 Å². The molecule has 0 bridgehead atoms. The summed E-state index contributed by atoms with van der Waals surface area (Å²) >= 11 is 1.36. The number of nitrogens with zero attached hydrogens (tertiary/aromatic N) is 2. The van der Waals surface area contributed by atoms with E-state index in [0.717, 1.165) is 15.6 Å². The lowest BCUT2D eigenvalue weighted by atomic mass is 10.2. The van der Waals surface area contributed by atoms with Crippen molar-refractivity contribution in [3.63, 3.8) is 0 Å². The molecule has 1 N–H and O–H groups in total. The van der Waals surface area contributed by atoms with E-state index in [1.54, 1.807) is 19.2 Å². The van der Waals surface area contributed by atoms with E-state index in [1.165, 1.54) is 18.3 Å². The number of hydrogen-bond donors (Lipinski definition) is 1. The number of amides is 2. The summed E-state index contributed by atoms with van der Waals surface area (Å²) in [6, 6.07) is 12.7. The number of fused-ring (bicyclic) bond motifs is 2. The molecule has 2 amide bonds. The van der Waals surface area contributed by atoms with Gasteiger partial charge in [0.15, 0.2) is 21.9 Å². The van der Waals surface area contributed by atoms with Crippen LogP contribution in [0.4, 0.5) is 5.69 Å². The number of rotatable bonds is 7. The summed E-state index contributed by atoms with van der Waals surface area (Å²) in [5.41, 5.74) is 2.10. The third-order valence-corrected chi connectivity index (χ3v) is 5.84. The van der Waals surface area contributed by atoms with Gasteiger partial charge in [-0.1, -0.05) is 23.5 Å². The van der Waals surface area contributed by atoms with Crippen LogP contribution >= 0.6 is 11.3 Å². The monoisotopic (exact) mass is 453 g/mol. The van der Waals surface area contributed by atoms with E-state index in [4.69, 9.17) is 13.9 Å². The average Bonchev–Trinajstić information content (AvgIpc) is 3.34. The van der Waals surface area contributed by atoms with Crippen molar-refractivity contribution < 1.29 is 23.5 Å².